The van der Waals surface area contributed by atoms with Gasteiger partial charge in [0.1, 0.15) is 48.8 Å². The molecular formula is C85H153NO13. The van der Waals surface area contributed by atoms with Crippen LogP contribution in [0.15, 0.2) is 85.1 Å². The fraction of sp³-hybridized carbons (Fsp3) is 0.824. The molecule has 0 radical (unpaired) electrons. The van der Waals surface area contributed by atoms with Crippen LogP contribution >= 0.6 is 0 Å². The number of carbonyl (C=O) groups is 1. The van der Waals surface area contributed by atoms with Gasteiger partial charge in [0.05, 0.1) is 32.0 Å². The molecule has 9 N–H and O–H groups in total. The SMILES string of the molecule is CC/C=C\C/C=C\C/C=C\C/C=C\C/C=C\C/C=C\C/C=C\CCCCCCCCCCCCCCCC(=O)NC(COC1OC(CO)C(OC2OC(CO)C(O)C(O)C2O)C(O)C1O)C(O)CCCCCCCCCCCCCCCCCCCCCCCCCCCCCCCC. The zero-order valence-electron chi connectivity index (χ0n) is 63.2. The summed E-state index contributed by atoms with van der Waals surface area (Å²) in [6, 6.07) is -0.836. The number of hydrogen-bond donors (Lipinski definition) is 9. The summed E-state index contributed by atoms with van der Waals surface area (Å²) < 4.78 is 23.0. The Morgan fingerprint density at radius 1 is 0.374 bits per heavy atom. The van der Waals surface area contributed by atoms with Gasteiger partial charge in [0.25, 0.3) is 0 Å². The summed E-state index contributed by atoms with van der Waals surface area (Å²) in [7, 11) is 0. The molecule has 0 aromatic carbocycles. The molecule has 2 heterocycles. The van der Waals surface area contributed by atoms with Crippen molar-refractivity contribution >= 4 is 5.91 Å². The molecule has 576 valence electrons. The van der Waals surface area contributed by atoms with Gasteiger partial charge in [-0.2, -0.15) is 0 Å². The topological polar surface area (TPSA) is 228 Å². The molecule has 0 saturated carbocycles. The Morgan fingerprint density at radius 3 is 1.07 bits per heavy atom. The van der Waals surface area contributed by atoms with Crippen molar-refractivity contribution in [1.82, 2.24) is 5.32 Å². The molecule has 1 amide bonds. The van der Waals surface area contributed by atoms with Gasteiger partial charge in [-0.3, -0.25) is 4.79 Å². The lowest BCUT2D eigenvalue weighted by Gasteiger charge is -2.46. The van der Waals surface area contributed by atoms with Crippen molar-refractivity contribution < 1.29 is 64.6 Å². The molecule has 0 aliphatic carbocycles. The first kappa shape index (κ1) is 92.3. The van der Waals surface area contributed by atoms with E-state index in [4.69, 9.17) is 18.9 Å². The predicted molar refractivity (Wildman–Crippen MR) is 410 cm³/mol. The first-order valence-corrected chi connectivity index (χ1v) is 41.3. The summed E-state index contributed by atoms with van der Waals surface area (Å²) in [6.45, 7) is 2.80. The summed E-state index contributed by atoms with van der Waals surface area (Å²) >= 11 is 0. The fourth-order valence-electron chi connectivity index (χ4n) is 13.4. The summed E-state index contributed by atoms with van der Waals surface area (Å²) in [5.41, 5.74) is 0. The van der Waals surface area contributed by atoms with E-state index in [-0.39, 0.29) is 12.5 Å². The van der Waals surface area contributed by atoms with Crippen LogP contribution in [-0.4, -0.2) is 140 Å². The molecule has 2 aliphatic heterocycles. The molecule has 0 aromatic rings. The maximum absolute atomic E-state index is 13.4. The Balaban J connectivity index is 1.60. The average molecular weight is 1400 g/mol. The van der Waals surface area contributed by atoms with E-state index in [2.05, 4.69) is 104 Å². The lowest BCUT2D eigenvalue weighted by atomic mass is 9.97. The maximum atomic E-state index is 13.4. The molecule has 14 nitrogen and oxygen atoms in total. The number of allylic oxidation sites excluding steroid dienone is 14. The Kier molecular flexibility index (Phi) is 63.6. The average Bonchev–Trinajstić information content (AvgIpc) is 0.799. The molecule has 99 heavy (non-hydrogen) atoms. The molecule has 2 saturated heterocycles. The van der Waals surface area contributed by atoms with E-state index < -0.39 is 86.8 Å². The van der Waals surface area contributed by atoms with Gasteiger partial charge in [0.15, 0.2) is 12.6 Å². The molecule has 12 atom stereocenters. The van der Waals surface area contributed by atoms with Crippen LogP contribution in [-0.2, 0) is 23.7 Å². The Bertz CT molecular complexity index is 1990. The van der Waals surface area contributed by atoms with Gasteiger partial charge in [-0.1, -0.05) is 362 Å². The minimum absolute atomic E-state index is 0.205. The summed E-state index contributed by atoms with van der Waals surface area (Å²) in [5.74, 6) is -0.205. The summed E-state index contributed by atoms with van der Waals surface area (Å²) in [5, 5.41) is 87.9. The van der Waals surface area contributed by atoms with E-state index >= 15 is 0 Å². The lowest BCUT2D eigenvalue weighted by molar-refractivity contribution is -0.359. The first-order chi connectivity index (χ1) is 48.6. The number of nitrogens with one attached hydrogen (secondary N) is 1. The number of aliphatic hydroxyl groups excluding tert-OH is 8. The van der Waals surface area contributed by atoms with Crippen LogP contribution in [0.3, 0.4) is 0 Å². The zero-order valence-corrected chi connectivity index (χ0v) is 63.2. The van der Waals surface area contributed by atoms with Crippen molar-refractivity contribution in [3.8, 4) is 0 Å². The van der Waals surface area contributed by atoms with Crippen LogP contribution in [0.2, 0.25) is 0 Å². The number of carbonyl (C=O) groups excluding carboxylic acids is 1. The molecular weight excluding hydrogens is 1240 g/mol. The fourth-order valence-corrected chi connectivity index (χ4v) is 13.4. The standard InChI is InChI=1S/C85H153NO13/c1-3-5-7-9-11-13-15-17-19-21-23-25-27-29-31-33-35-36-37-38-39-41-43-45-47-49-51-53-55-57-59-61-63-65-67-69-77(90)86-73(72-96-84-82(95)80(93)83(76(71-88)98-84)99-85-81(94)79(92)78(91)75(70-87)97-85)74(89)68-66-64-62-60-58-56-54-52-50-48-46-44-42-40-34-32-30-28-26-24-22-20-18-16-14-12-10-8-6-4-2/h5,7,11,13,17,19,23,25,29,31,35-36,38-39,73-76,78-85,87-89,91-95H,3-4,6,8-10,12,14-16,18,20-22,24,26-28,30,32-34,37,40-72H2,1-2H3,(H,86,90)/b7-5-,13-11-,19-17-,25-23-,31-29-,36-35-,39-38-. The summed E-state index contributed by atoms with van der Waals surface area (Å²) in [4.78, 5) is 13.4. The Hall–Kier alpha value is -2.83. The highest BCUT2D eigenvalue weighted by Gasteiger charge is 2.51. The number of ether oxygens (including phenoxy) is 4. The third-order valence-electron chi connectivity index (χ3n) is 19.9. The first-order valence-electron chi connectivity index (χ1n) is 41.3. The largest absolute Gasteiger partial charge is 0.394 e. The van der Waals surface area contributed by atoms with E-state index in [1.165, 1.54) is 225 Å². The number of hydrogen-bond acceptors (Lipinski definition) is 13. The molecule has 0 spiro atoms. The van der Waals surface area contributed by atoms with Gasteiger partial charge in [-0.05, 0) is 70.6 Å². The highest BCUT2D eigenvalue weighted by atomic mass is 16.7. The van der Waals surface area contributed by atoms with Crippen molar-refractivity contribution in [3.05, 3.63) is 85.1 Å². The Labute approximate surface area is 605 Å². The van der Waals surface area contributed by atoms with E-state index in [1.54, 1.807) is 0 Å². The molecule has 0 aromatic heterocycles. The number of unbranched alkanes of at least 4 members (excludes halogenated alkanes) is 42. The third kappa shape index (κ3) is 51.1. The second-order valence-corrected chi connectivity index (χ2v) is 28.9. The monoisotopic (exact) mass is 1400 g/mol. The number of rotatable bonds is 69. The second kappa shape index (κ2) is 68.3. The van der Waals surface area contributed by atoms with Gasteiger partial charge < -0.3 is 65.1 Å². The van der Waals surface area contributed by atoms with E-state index in [0.717, 1.165) is 103 Å². The van der Waals surface area contributed by atoms with Crippen molar-refractivity contribution in [2.45, 2.75) is 428 Å². The van der Waals surface area contributed by atoms with Crippen LogP contribution in [0, 0.1) is 0 Å². The van der Waals surface area contributed by atoms with Gasteiger partial charge >= 0.3 is 0 Å². The predicted octanol–water partition coefficient (Wildman–Crippen LogP) is 19.1. The molecule has 14 heteroatoms. The number of amides is 1. The smallest absolute Gasteiger partial charge is 0.220 e. The molecule has 12 unspecified atom stereocenters. The minimum Gasteiger partial charge on any atom is -0.394 e. The van der Waals surface area contributed by atoms with Gasteiger partial charge in [-0.25, -0.2) is 0 Å². The molecule has 2 aliphatic rings. The number of aliphatic hydroxyl groups is 8. The van der Waals surface area contributed by atoms with Crippen LogP contribution < -0.4 is 5.32 Å². The van der Waals surface area contributed by atoms with Crippen molar-refractivity contribution in [3.63, 3.8) is 0 Å². The van der Waals surface area contributed by atoms with E-state index in [1.807, 2.05) is 0 Å². The van der Waals surface area contributed by atoms with Gasteiger partial charge in [0, 0.05) is 6.42 Å². The highest BCUT2D eigenvalue weighted by molar-refractivity contribution is 5.76. The zero-order chi connectivity index (χ0) is 71.5. The van der Waals surface area contributed by atoms with Crippen LogP contribution in [0.5, 0.6) is 0 Å². The van der Waals surface area contributed by atoms with E-state index in [9.17, 15) is 45.6 Å². The Morgan fingerprint density at radius 2 is 0.697 bits per heavy atom. The van der Waals surface area contributed by atoms with Gasteiger partial charge in [-0.15, -0.1) is 0 Å². The van der Waals surface area contributed by atoms with Crippen LogP contribution in [0.1, 0.15) is 354 Å². The van der Waals surface area contributed by atoms with E-state index in [0.29, 0.717) is 12.8 Å². The lowest BCUT2D eigenvalue weighted by Crippen LogP contribution is -2.65. The third-order valence-corrected chi connectivity index (χ3v) is 19.9. The van der Waals surface area contributed by atoms with Gasteiger partial charge in [0.2, 0.25) is 5.91 Å². The maximum Gasteiger partial charge on any atom is 0.220 e. The van der Waals surface area contributed by atoms with Crippen molar-refractivity contribution in [1.29, 1.82) is 0 Å². The van der Waals surface area contributed by atoms with Crippen molar-refractivity contribution in [2.24, 2.45) is 0 Å². The quantitative estimate of drug-likeness (QED) is 0.0204. The molecule has 0 bridgehead atoms. The second-order valence-electron chi connectivity index (χ2n) is 28.9. The minimum atomic E-state index is -1.79. The normalized spacial score (nSPS) is 22.4. The highest BCUT2D eigenvalue weighted by Crippen LogP contribution is 2.30. The van der Waals surface area contributed by atoms with Crippen molar-refractivity contribution in [2.75, 3.05) is 19.8 Å². The summed E-state index contributed by atoms with van der Waals surface area (Å²) in [6.07, 6.45) is 79.1. The van der Waals surface area contributed by atoms with Crippen LogP contribution in [0.4, 0.5) is 0 Å². The molecule has 2 fully saturated rings. The van der Waals surface area contributed by atoms with Crippen LogP contribution in [0.25, 0.3) is 0 Å². The molecule has 2 rings (SSSR count).